The highest BCUT2D eigenvalue weighted by molar-refractivity contribution is 8.01. The number of thiophene rings is 1. The number of hydrogen-bond donors (Lipinski definition) is 1. The second kappa shape index (κ2) is 7.84. The molecule has 0 aromatic carbocycles. The Balaban J connectivity index is 2.53. The van der Waals surface area contributed by atoms with Crippen LogP contribution in [0.15, 0.2) is 21.7 Å². The SMILES string of the molecule is CC(C)[C@@H](NC(=O)CSc1cccs1)C(=O)OC(C)(C)C. The zero-order chi connectivity index (χ0) is 16.0. The molecule has 0 aliphatic carbocycles. The van der Waals surface area contributed by atoms with Crippen molar-refractivity contribution < 1.29 is 14.3 Å². The standard InChI is InChI=1S/C15H23NO3S2/c1-10(2)13(14(18)19-15(3,4)5)16-11(17)9-21-12-7-6-8-20-12/h6-8,10,13H,9H2,1-5H3,(H,16,17)/t13-/m1/s1. The van der Waals surface area contributed by atoms with Gasteiger partial charge in [0.2, 0.25) is 5.91 Å². The van der Waals surface area contributed by atoms with Crippen molar-refractivity contribution in [2.75, 3.05) is 5.75 Å². The summed E-state index contributed by atoms with van der Waals surface area (Å²) in [5.74, 6) is -0.257. The Morgan fingerprint density at radius 3 is 2.52 bits per heavy atom. The normalized spacial score (nSPS) is 13.0. The first kappa shape index (κ1) is 18.0. The average Bonchev–Trinajstić information content (AvgIpc) is 2.83. The smallest absolute Gasteiger partial charge is 0.329 e. The van der Waals surface area contributed by atoms with Gasteiger partial charge >= 0.3 is 5.97 Å². The fraction of sp³-hybridized carbons (Fsp3) is 0.600. The van der Waals surface area contributed by atoms with Crippen LogP contribution in [0.3, 0.4) is 0 Å². The molecule has 4 nitrogen and oxygen atoms in total. The lowest BCUT2D eigenvalue weighted by molar-refractivity contribution is -0.159. The summed E-state index contributed by atoms with van der Waals surface area (Å²) in [4.78, 5) is 24.1. The van der Waals surface area contributed by atoms with E-state index in [-0.39, 0.29) is 17.8 Å². The Labute approximate surface area is 134 Å². The van der Waals surface area contributed by atoms with E-state index in [0.717, 1.165) is 4.21 Å². The summed E-state index contributed by atoms with van der Waals surface area (Å²) in [6.07, 6.45) is 0. The van der Waals surface area contributed by atoms with Crippen LogP contribution in [0.4, 0.5) is 0 Å². The van der Waals surface area contributed by atoms with Gasteiger partial charge in [-0.25, -0.2) is 4.79 Å². The average molecular weight is 329 g/mol. The lowest BCUT2D eigenvalue weighted by atomic mass is 10.0. The van der Waals surface area contributed by atoms with Crippen LogP contribution >= 0.6 is 23.1 Å². The number of ether oxygens (including phenoxy) is 1. The van der Waals surface area contributed by atoms with Crippen molar-refractivity contribution in [3.63, 3.8) is 0 Å². The summed E-state index contributed by atoms with van der Waals surface area (Å²) >= 11 is 3.06. The molecule has 1 aromatic rings. The summed E-state index contributed by atoms with van der Waals surface area (Å²) < 4.78 is 6.44. The van der Waals surface area contributed by atoms with Gasteiger partial charge in [-0.3, -0.25) is 4.79 Å². The van der Waals surface area contributed by atoms with Crippen LogP contribution in [0.5, 0.6) is 0 Å². The minimum Gasteiger partial charge on any atom is -0.458 e. The van der Waals surface area contributed by atoms with Crippen molar-refractivity contribution >= 4 is 35.0 Å². The van der Waals surface area contributed by atoms with Gasteiger partial charge in [0.15, 0.2) is 0 Å². The van der Waals surface area contributed by atoms with Gasteiger partial charge in [-0.05, 0) is 38.1 Å². The van der Waals surface area contributed by atoms with Crippen LogP contribution in [0.2, 0.25) is 0 Å². The van der Waals surface area contributed by atoms with Crippen LogP contribution < -0.4 is 5.32 Å². The number of carbonyl (C=O) groups is 2. The maximum atomic E-state index is 12.1. The minimum absolute atomic E-state index is 0.0180. The third-order valence-corrected chi connectivity index (χ3v) is 4.62. The van der Waals surface area contributed by atoms with Crippen molar-refractivity contribution in [2.45, 2.75) is 50.5 Å². The largest absolute Gasteiger partial charge is 0.458 e. The highest BCUT2D eigenvalue weighted by atomic mass is 32.2. The third kappa shape index (κ3) is 7.00. The van der Waals surface area contributed by atoms with Crippen molar-refractivity contribution in [3.8, 4) is 0 Å². The fourth-order valence-electron chi connectivity index (χ4n) is 1.56. The van der Waals surface area contributed by atoms with Crippen LogP contribution in [-0.2, 0) is 14.3 Å². The van der Waals surface area contributed by atoms with Gasteiger partial charge in [0, 0.05) is 0 Å². The zero-order valence-electron chi connectivity index (χ0n) is 13.1. The molecule has 118 valence electrons. The summed E-state index contributed by atoms with van der Waals surface area (Å²) in [7, 11) is 0. The van der Waals surface area contributed by atoms with Crippen LogP contribution in [0.1, 0.15) is 34.6 Å². The van der Waals surface area contributed by atoms with E-state index in [1.807, 2.05) is 52.1 Å². The summed E-state index contributed by atoms with van der Waals surface area (Å²) in [5.41, 5.74) is -0.555. The zero-order valence-corrected chi connectivity index (χ0v) is 14.8. The minimum atomic E-state index is -0.610. The van der Waals surface area contributed by atoms with Gasteiger partial charge in [-0.1, -0.05) is 19.9 Å². The number of rotatable bonds is 6. The van der Waals surface area contributed by atoms with Gasteiger partial charge in [0.1, 0.15) is 11.6 Å². The number of hydrogen-bond acceptors (Lipinski definition) is 5. The van der Waals surface area contributed by atoms with Crippen LogP contribution in [-0.4, -0.2) is 29.3 Å². The maximum absolute atomic E-state index is 12.1. The van der Waals surface area contributed by atoms with Gasteiger partial charge in [0.05, 0.1) is 9.96 Å². The van der Waals surface area contributed by atoms with E-state index in [2.05, 4.69) is 5.32 Å². The molecule has 0 radical (unpaired) electrons. The van der Waals surface area contributed by atoms with Crippen LogP contribution in [0, 0.1) is 5.92 Å². The molecule has 0 aliphatic rings. The first-order chi connectivity index (χ1) is 9.69. The molecule has 1 aromatic heterocycles. The molecule has 21 heavy (non-hydrogen) atoms. The highest BCUT2D eigenvalue weighted by Gasteiger charge is 2.29. The molecule has 0 saturated heterocycles. The number of thioether (sulfide) groups is 1. The Kier molecular flexibility index (Phi) is 6.74. The predicted molar refractivity (Wildman–Crippen MR) is 87.7 cm³/mol. The molecule has 1 amide bonds. The molecule has 0 fully saturated rings. The first-order valence-electron chi connectivity index (χ1n) is 6.87. The summed E-state index contributed by atoms with van der Waals surface area (Å²) in [6, 6.07) is 3.31. The lowest BCUT2D eigenvalue weighted by Crippen LogP contribution is -2.47. The van der Waals surface area contributed by atoms with Gasteiger partial charge < -0.3 is 10.1 Å². The topological polar surface area (TPSA) is 55.4 Å². The molecule has 1 N–H and O–H groups in total. The number of esters is 1. The molecular formula is C15H23NO3S2. The Morgan fingerprint density at radius 1 is 1.38 bits per heavy atom. The molecule has 0 unspecified atom stereocenters. The van der Waals surface area contributed by atoms with E-state index in [1.165, 1.54) is 11.8 Å². The molecule has 1 heterocycles. The van der Waals surface area contributed by atoms with E-state index in [4.69, 9.17) is 4.74 Å². The highest BCUT2D eigenvalue weighted by Crippen LogP contribution is 2.23. The Morgan fingerprint density at radius 2 is 2.05 bits per heavy atom. The van der Waals surface area contributed by atoms with Crippen molar-refractivity contribution in [1.82, 2.24) is 5.32 Å². The molecular weight excluding hydrogens is 306 g/mol. The second-order valence-electron chi connectivity index (χ2n) is 6.04. The van der Waals surface area contributed by atoms with Crippen molar-refractivity contribution in [2.24, 2.45) is 5.92 Å². The molecule has 6 heteroatoms. The second-order valence-corrected chi connectivity index (χ2v) is 8.27. The first-order valence-corrected chi connectivity index (χ1v) is 8.74. The maximum Gasteiger partial charge on any atom is 0.329 e. The number of nitrogens with one attached hydrogen (secondary N) is 1. The number of carbonyl (C=O) groups excluding carboxylic acids is 2. The lowest BCUT2D eigenvalue weighted by Gasteiger charge is -2.26. The fourth-order valence-corrected chi connectivity index (χ4v) is 3.16. The van der Waals surface area contributed by atoms with Crippen molar-refractivity contribution in [3.05, 3.63) is 17.5 Å². The van der Waals surface area contributed by atoms with E-state index in [0.29, 0.717) is 5.75 Å². The van der Waals surface area contributed by atoms with Gasteiger partial charge in [-0.2, -0.15) is 0 Å². The van der Waals surface area contributed by atoms with Crippen molar-refractivity contribution in [1.29, 1.82) is 0 Å². The quantitative estimate of drug-likeness (QED) is 0.642. The predicted octanol–water partition coefficient (Wildman–Crippen LogP) is 3.32. The monoisotopic (exact) mass is 329 g/mol. The molecule has 1 rings (SSSR count). The summed E-state index contributed by atoms with van der Waals surface area (Å²) in [6.45, 7) is 9.23. The Bertz CT molecular complexity index is 464. The van der Waals surface area contributed by atoms with E-state index in [1.54, 1.807) is 11.3 Å². The number of amides is 1. The molecule has 1 atom stereocenters. The van der Waals surface area contributed by atoms with E-state index >= 15 is 0 Å². The van der Waals surface area contributed by atoms with Gasteiger partial charge in [-0.15, -0.1) is 23.1 Å². The van der Waals surface area contributed by atoms with Gasteiger partial charge in [0.25, 0.3) is 0 Å². The Hall–Kier alpha value is -1.01. The summed E-state index contributed by atoms with van der Waals surface area (Å²) in [5, 5.41) is 4.74. The molecule has 0 spiro atoms. The molecule has 0 aliphatic heterocycles. The molecule has 0 bridgehead atoms. The van der Waals surface area contributed by atoms with E-state index in [9.17, 15) is 9.59 Å². The molecule has 0 saturated carbocycles. The third-order valence-electron chi connectivity index (χ3n) is 2.48. The van der Waals surface area contributed by atoms with Crippen LogP contribution in [0.25, 0.3) is 0 Å². The van der Waals surface area contributed by atoms with E-state index < -0.39 is 11.6 Å².